The standard InChI is InChI=1S/C11H24O2/c1-4-6-7-8-9-11(3,12)13-10-5-2/h12H,4-10H2,1-3H3. The van der Waals surface area contributed by atoms with Gasteiger partial charge in [0.1, 0.15) is 0 Å². The molecule has 0 aliphatic heterocycles. The minimum absolute atomic E-state index is 0.654. The van der Waals surface area contributed by atoms with Crippen LogP contribution < -0.4 is 0 Å². The van der Waals surface area contributed by atoms with E-state index in [0.29, 0.717) is 6.61 Å². The summed E-state index contributed by atoms with van der Waals surface area (Å²) in [5, 5.41) is 9.72. The van der Waals surface area contributed by atoms with Crippen LogP contribution >= 0.6 is 0 Å². The molecule has 2 nitrogen and oxygen atoms in total. The van der Waals surface area contributed by atoms with E-state index in [1.54, 1.807) is 6.92 Å². The Morgan fingerprint density at radius 1 is 1.08 bits per heavy atom. The van der Waals surface area contributed by atoms with Crippen LogP contribution in [0.2, 0.25) is 0 Å². The van der Waals surface area contributed by atoms with Gasteiger partial charge in [-0.15, -0.1) is 0 Å². The van der Waals surface area contributed by atoms with Gasteiger partial charge in [0, 0.05) is 13.0 Å². The Morgan fingerprint density at radius 2 is 1.77 bits per heavy atom. The zero-order valence-electron chi connectivity index (χ0n) is 9.31. The fraction of sp³-hybridized carbons (Fsp3) is 1.00. The van der Waals surface area contributed by atoms with Crippen LogP contribution in [0.5, 0.6) is 0 Å². The van der Waals surface area contributed by atoms with Crippen LogP contribution in [0.15, 0.2) is 0 Å². The van der Waals surface area contributed by atoms with Crippen LogP contribution in [0.4, 0.5) is 0 Å². The molecule has 0 spiro atoms. The summed E-state index contributed by atoms with van der Waals surface area (Å²) in [4.78, 5) is 0. The number of unbranched alkanes of at least 4 members (excludes halogenated alkanes) is 3. The summed E-state index contributed by atoms with van der Waals surface area (Å²) < 4.78 is 5.31. The second-order valence-electron chi connectivity index (χ2n) is 3.83. The van der Waals surface area contributed by atoms with Crippen molar-refractivity contribution in [1.82, 2.24) is 0 Å². The molecule has 0 fully saturated rings. The van der Waals surface area contributed by atoms with Crippen molar-refractivity contribution in [3.05, 3.63) is 0 Å². The van der Waals surface area contributed by atoms with Crippen molar-refractivity contribution in [1.29, 1.82) is 0 Å². The van der Waals surface area contributed by atoms with E-state index in [1.165, 1.54) is 19.3 Å². The normalized spacial score (nSPS) is 15.7. The number of aliphatic hydroxyl groups is 1. The summed E-state index contributed by atoms with van der Waals surface area (Å²) in [6.45, 7) is 6.65. The zero-order chi connectivity index (χ0) is 10.2. The van der Waals surface area contributed by atoms with Crippen LogP contribution in [0.3, 0.4) is 0 Å². The van der Waals surface area contributed by atoms with Gasteiger partial charge in [-0.3, -0.25) is 0 Å². The van der Waals surface area contributed by atoms with Crippen LogP contribution in [0.25, 0.3) is 0 Å². The van der Waals surface area contributed by atoms with Crippen molar-refractivity contribution in [2.75, 3.05) is 6.61 Å². The molecule has 0 saturated carbocycles. The van der Waals surface area contributed by atoms with Gasteiger partial charge in [-0.25, -0.2) is 0 Å². The van der Waals surface area contributed by atoms with E-state index < -0.39 is 5.79 Å². The average Bonchev–Trinajstić information content (AvgIpc) is 2.09. The van der Waals surface area contributed by atoms with E-state index in [4.69, 9.17) is 4.74 Å². The van der Waals surface area contributed by atoms with E-state index in [9.17, 15) is 5.11 Å². The Morgan fingerprint density at radius 3 is 2.31 bits per heavy atom. The molecule has 0 amide bonds. The van der Waals surface area contributed by atoms with Gasteiger partial charge in [-0.2, -0.15) is 0 Å². The first kappa shape index (κ1) is 12.9. The zero-order valence-corrected chi connectivity index (χ0v) is 9.31. The highest BCUT2D eigenvalue weighted by molar-refractivity contribution is 4.59. The van der Waals surface area contributed by atoms with Crippen molar-refractivity contribution in [2.24, 2.45) is 0 Å². The molecule has 0 aliphatic carbocycles. The minimum Gasteiger partial charge on any atom is -0.366 e. The Bertz CT molecular complexity index is 111. The van der Waals surface area contributed by atoms with Crippen LogP contribution in [0, 0.1) is 0 Å². The lowest BCUT2D eigenvalue weighted by molar-refractivity contribution is -0.194. The van der Waals surface area contributed by atoms with Crippen LogP contribution in [-0.2, 0) is 4.74 Å². The molecule has 0 aromatic carbocycles. The maximum Gasteiger partial charge on any atom is 0.162 e. The molecular weight excluding hydrogens is 164 g/mol. The van der Waals surface area contributed by atoms with E-state index in [2.05, 4.69) is 6.92 Å². The molecule has 1 unspecified atom stereocenters. The van der Waals surface area contributed by atoms with Gasteiger partial charge in [-0.1, -0.05) is 33.1 Å². The molecule has 0 aromatic rings. The summed E-state index contributed by atoms with van der Waals surface area (Å²) in [6.07, 6.45) is 6.46. The van der Waals surface area contributed by atoms with Gasteiger partial charge < -0.3 is 9.84 Å². The minimum atomic E-state index is -0.899. The Labute approximate surface area is 82.3 Å². The molecule has 1 N–H and O–H groups in total. The molecule has 0 aromatic heterocycles. The first-order chi connectivity index (χ1) is 6.12. The second-order valence-corrected chi connectivity index (χ2v) is 3.83. The molecular formula is C11H24O2. The molecule has 0 rings (SSSR count). The van der Waals surface area contributed by atoms with E-state index >= 15 is 0 Å². The number of hydrogen-bond acceptors (Lipinski definition) is 2. The fourth-order valence-electron chi connectivity index (χ4n) is 1.27. The second kappa shape index (κ2) is 7.34. The largest absolute Gasteiger partial charge is 0.366 e. The summed E-state index contributed by atoms with van der Waals surface area (Å²) in [5.74, 6) is -0.899. The topological polar surface area (TPSA) is 29.5 Å². The smallest absolute Gasteiger partial charge is 0.162 e. The molecule has 1 atom stereocenters. The van der Waals surface area contributed by atoms with Gasteiger partial charge in [0.15, 0.2) is 5.79 Å². The van der Waals surface area contributed by atoms with Gasteiger partial charge in [0.05, 0.1) is 0 Å². The fourth-order valence-corrected chi connectivity index (χ4v) is 1.27. The van der Waals surface area contributed by atoms with E-state index in [-0.39, 0.29) is 0 Å². The number of rotatable bonds is 8. The number of hydrogen-bond donors (Lipinski definition) is 1. The third kappa shape index (κ3) is 8.26. The predicted octanol–water partition coefficient (Wildman–Crippen LogP) is 3.09. The van der Waals surface area contributed by atoms with Crippen molar-refractivity contribution >= 4 is 0 Å². The van der Waals surface area contributed by atoms with Crippen molar-refractivity contribution in [3.63, 3.8) is 0 Å². The van der Waals surface area contributed by atoms with Crippen molar-refractivity contribution in [3.8, 4) is 0 Å². The Balaban J connectivity index is 3.39. The molecule has 0 heterocycles. The lowest BCUT2D eigenvalue weighted by Crippen LogP contribution is -2.28. The SMILES string of the molecule is CCCCCCC(C)(O)OCCC. The van der Waals surface area contributed by atoms with Gasteiger partial charge in [0.25, 0.3) is 0 Å². The van der Waals surface area contributed by atoms with Gasteiger partial charge in [0.2, 0.25) is 0 Å². The quantitative estimate of drug-likeness (QED) is 0.468. The summed E-state index contributed by atoms with van der Waals surface area (Å²) in [5.41, 5.74) is 0. The molecule has 13 heavy (non-hydrogen) atoms. The molecule has 0 bridgehead atoms. The van der Waals surface area contributed by atoms with E-state index in [0.717, 1.165) is 19.3 Å². The lowest BCUT2D eigenvalue weighted by Gasteiger charge is -2.23. The predicted molar refractivity (Wildman–Crippen MR) is 55.6 cm³/mol. The first-order valence-corrected chi connectivity index (χ1v) is 5.48. The summed E-state index contributed by atoms with van der Waals surface area (Å²) in [7, 11) is 0. The van der Waals surface area contributed by atoms with Crippen LogP contribution in [-0.4, -0.2) is 17.5 Å². The molecule has 2 heteroatoms. The maximum absolute atomic E-state index is 9.72. The third-order valence-electron chi connectivity index (χ3n) is 2.11. The lowest BCUT2D eigenvalue weighted by atomic mass is 10.1. The Kier molecular flexibility index (Phi) is 7.29. The van der Waals surface area contributed by atoms with E-state index in [1.807, 2.05) is 6.92 Å². The highest BCUT2D eigenvalue weighted by atomic mass is 16.6. The Hall–Kier alpha value is -0.0800. The molecule has 80 valence electrons. The maximum atomic E-state index is 9.72. The monoisotopic (exact) mass is 188 g/mol. The number of ether oxygens (including phenoxy) is 1. The van der Waals surface area contributed by atoms with Gasteiger partial charge >= 0.3 is 0 Å². The van der Waals surface area contributed by atoms with Crippen molar-refractivity contribution < 1.29 is 9.84 Å². The third-order valence-corrected chi connectivity index (χ3v) is 2.11. The molecule has 0 radical (unpaired) electrons. The first-order valence-electron chi connectivity index (χ1n) is 5.48. The summed E-state index contributed by atoms with van der Waals surface area (Å²) in [6, 6.07) is 0. The van der Waals surface area contributed by atoms with Crippen LogP contribution in [0.1, 0.15) is 59.3 Å². The summed E-state index contributed by atoms with van der Waals surface area (Å²) >= 11 is 0. The highest BCUT2D eigenvalue weighted by Crippen LogP contribution is 2.16. The van der Waals surface area contributed by atoms with Gasteiger partial charge in [-0.05, 0) is 19.8 Å². The van der Waals surface area contributed by atoms with Crippen molar-refractivity contribution in [2.45, 2.75) is 65.1 Å². The average molecular weight is 188 g/mol. The molecule has 0 aliphatic rings. The highest BCUT2D eigenvalue weighted by Gasteiger charge is 2.19. The molecule has 0 saturated heterocycles.